The number of carbonyl (C=O) groups is 2. The highest BCUT2D eigenvalue weighted by atomic mass is 16.7. The van der Waals surface area contributed by atoms with Crippen LogP contribution in [0.25, 0.3) is 16.9 Å². The van der Waals surface area contributed by atoms with Gasteiger partial charge in [-0.15, -0.1) is 0 Å². The van der Waals surface area contributed by atoms with Gasteiger partial charge in [-0.3, -0.25) is 19.7 Å². The number of para-hydroxylation sites is 1. The fourth-order valence-corrected chi connectivity index (χ4v) is 5.11. The molecule has 43 heavy (non-hydrogen) atoms. The minimum absolute atomic E-state index is 0.00497. The minimum atomic E-state index is -0.494. The number of hydrogen-bond acceptors (Lipinski definition) is 7. The molecule has 3 N–H and O–H groups in total. The quantitative estimate of drug-likeness (QED) is 0.275. The summed E-state index contributed by atoms with van der Waals surface area (Å²) in [6.07, 6.45) is 1.24. The highest BCUT2D eigenvalue weighted by Gasteiger charge is 2.36. The van der Waals surface area contributed by atoms with Gasteiger partial charge in [0.25, 0.3) is 11.5 Å². The van der Waals surface area contributed by atoms with Crippen molar-refractivity contribution >= 4 is 17.8 Å². The van der Waals surface area contributed by atoms with Crippen LogP contribution in [0.2, 0.25) is 0 Å². The molecule has 1 fully saturated rings. The smallest absolute Gasteiger partial charge is 0.320 e. The summed E-state index contributed by atoms with van der Waals surface area (Å²) in [5.41, 5.74) is 2.96. The number of hydrogen-bond donors (Lipinski definition) is 3. The average molecular weight is 586 g/mol. The standard InChI is InChI=1S/C31H35N7O5/c1-20-26(22-17-24(29(39)32-2)30(40)36(3)18-22)35-38(23-13-9-6-10-14-23)28(20)34-31(41)33-25-19-37(15-16-42-4)43-27(25)21-11-7-5-8-12-21/h5-14,17-18,25,27H,15-16,19H2,1-4H3,(H,32,39)(H2,33,34,41)/t25-,27+/m1/s1. The predicted octanol–water partition coefficient (Wildman–Crippen LogP) is 3.03. The summed E-state index contributed by atoms with van der Waals surface area (Å²) in [6, 6.07) is 19.9. The van der Waals surface area contributed by atoms with E-state index in [1.807, 2.05) is 67.6 Å². The molecule has 2 atom stereocenters. The van der Waals surface area contributed by atoms with Crippen molar-refractivity contribution in [2.24, 2.45) is 7.05 Å². The molecule has 0 aliphatic carbocycles. The van der Waals surface area contributed by atoms with Gasteiger partial charge in [0.05, 0.1) is 24.0 Å². The third-order valence-corrected chi connectivity index (χ3v) is 7.30. The highest BCUT2D eigenvalue weighted by Crippen LogP contribution is 2.32. The van der Waals surface area contributed by atoms with Gasteiger partial charge in [-0.05, 0) is 30.7 Å². The van der Waals surface area contributed by atoms with E-state index in [1.54, 1.807) is 30.1 Å². The van der Waals surface area contributed by atoms with Crippen molar-refractivity contribution < 1.29 is 19.2 Å². The second-order valence-corrected chi connectivity index (χ2v) is 10.2. The summed E-state index contributed by atoms with van der Waals surface area (Å²) in [5, 5.41) is 15.2. The van der Waals surface area contributed by atoms with Gasteiger partial charge < -0.3 is 19.9 Å². The Balaban J connectivity index is 1.48. The van der Waals surface area contributed by atoms with Crippen LogP contribution < -0.4 is 21.5 Å². The van der Waals surface area contributed by atoms with Crippen molar-refractivity contribution in [1.29, 1.82) is 0 Å². The Bertz CT molecular complexity index is 1650. The Labute approximate surface area is 249 Å². The van der Waals surface area contributed by atoms with Crippen LogP contribution in [-0.2, 0) is 16.6 Å². The molecular formula is C31H35N7O5. The Morgan fingerprint density at radius 2 is 1.79 bits per heavy atom. The topological polar surface area (TPSA) is 132 Å². The van der Waals surface area contributed by atoms with Crippen LogP contribution >= 0.6 is 0 Å². The van der Waals surface area contributed by atoms with Gasteiger partial charge in [0.15, 0.2) is 0 Å². The molecule has 1 aliphatic heterocycles. The molecule has 224 valence electrons. The molecule has 0 radical (unpaired) electrons. The van der Waals surface area contributed by atoms with Crippen LogP contribution in [-0.4, -0.2) is 71.2 Å². The summed E-state index contributed by atoms with van der Waals surface area (Å²) < 4.78 is 8.20. The zero-order chi connectivity index (χ0) is 30.5. The van der Waals surface area contributed by atoms with Crippen molar-refractivity contribution in [2.45, 2.75) is 19.1 Å². The van der Waals surface area contributed by atoms with Gasteiger partial charge in [-0.2, -0.15) is 10.2 Å². The Kier molecular flexibility index (Phi) is 9.00. The molecule has 12 nitrogen and oxygen atoms in total. The number of ether oxygens (including phenoxy) is 1. The number of hydroxylamine groups is 2. The van der Waals surface area contributed by atoms with E-state index in [1.165, 1.54) is 17.7 Å². The maximum absolute atomic E-state index is 13.6. The van der Waals surface area contributed by atoms with Crippen LogP contribution in [0.5, 0.6) is 0 Å². The van der Waals surface area contributed by atoms with Crippen LogP contribution in [0, 0.1) is 6.92 Å². The van der Waals surface area contributed by atoms with E-state index in [9.17, 15) is 14.4 Å². The molecule has 1 saturated heterocycles. The normalized spacial score (nSPS) is 16.7. The predicted molar refractivity (Wildman–Crippen MR) is 162 cm³/mol. The van der Waals surface area contributed by atoms with Crippen molar-refractivity contribution in [1.82, 2.24) is 30.0 Å². The molecule has 1 aliphatic rings. The summed E-state index contributed by atoms with van der Waals surface area (Å²) in [5.74, 6) is -0.0490. The number of nitrogens with zero attached hydrogens (tertiary/aromatic N) is 4. The molecule has 2 aromatic carbocycles. The van der Waals surface area contributed by atoms with Crippen molar-refractivity contribution in [3.05, 3.63) is 100.0 Å². The van der Waals surface area contributed by atoms with Gasteiger partial charge in [-0.25, -0.2) is 9.48 Å². The largest absolute Gasteiger partial charge is 0.383 e. The number of aromatic nitrogens is 3. The molecule has 12 heteroatoms. The Morgan fingerprint density at radius 1 is 1.09 bits per heavy atom. The van der Waals surface area contributed by atoms with Crippen molar-refractivity contribution in [3.8, 4) is 16.9 Å². The van der Waals surface area contributed by atoms with E-state index in [-0.39, 0.29) is 17.7 Å². The maximum atomic E-state index is 13.6. The van der Waals surface area contributed by atoms with Gasteiger partial charge in [0, 0.05) is 51.6 Å². The zero-order valence-corrected chi connectivity index (χ0v) is 24.5. The molecule has 0 bridgehead atoms. The van der Waals surface area contributed by atoms with Crippen LogP contribution in [0.15, 0.2) is 77.7 Å². The second kappa shape index (κ2) is 13.0. The molecule has 3 amide bonds. The average Bonchev–Trinajstić information content (AvgIpc) is 3.58. The first-order chi connectivity index (χ1) is 20.8. The van der Waals surface area contributed by atoms with Crippen LogP contribution in [0.3, 0.4) is 0 Å². The van der Waals surface area contributed by atoms with Gasteiger partial charge in [-0.1, -0.05) is 48.5 Å². The van der Waals surface area contributed by atoms with Crippen LogP contribution in [0.4, 0.5) is 10.6 Å². The number of urea groups is 1. The molecule has 4 aromatic rings. The monoisotopic (exact) mass is 585 g/mol. The second-order valence-electron chi connectivity index (χ2n) is 10.2. The fourth-order valence-electron chi connectivity index (χ4n) is 5.11. The zero-order valence-electron chi connectivity index (χ0n) is 24.5. The number of carbonyl (C=O) groups excluding carboxylic acids is 2. The van der Waals surface area contributed by atoms with Gasteiger partial charge in [0.1, 0.15) is 17.5 Å². The molecule has 0 saturated carbocycles. The number of pyridine rings is 1. The number of amides is 3. The first-order valence-corrected chi connectivity index (χ1v) is 13.9. The van der Waals surface area contributed by atoms with Crippen LogP contribution in [0.1, 0.15) is 27.6 Å². The number of nitrogens with one attached hydrogen (secondary N) is 3. The lowest BCUT2D eigenvalue weighted by atomic mass is 10.0. The maximum Gasteiger partial charge on any atom is 0.320 e. The number of aryl methyl sites for hydroxylation is 1. The van der Waals surface area contributed by atoms with Gasteiger partial charge in [0.2, 0.25) is 0 Å². The van der Waals surface area contributed by atoms with E-state index < -0.39 is 17.5 Å². The fraction of sp³-hybridized carbons (Fsp3) is 0.290. The summed E-state index contributed by atoms with van der Waals surface area (Å²) in [6.45, 7) is 3.35. The van der Waals surface area contributed by atoms with Crippen molar-refractivity contribution in [2.75, 3.05) is 39.2 Å². The van der Waals surface area contributed by atoms with E-state index in [2.05, 4.69) is 16.0 Å². The molecule has 0 spiro atoms. The first-order valence-electron chi connectivity index (χ1n) is 13.9. The molecule has 3 heterocycles. The number of benzene rings is 2. The third kappa shape index (κ3) is 6.36. The SMILES string of the molecule is CNC(=O)c1cc(-c2nn(-c3ccccc3)c(NC(=O)N[C@@H]3CN(CCOC)O[C@H]3c3ccccc3)c2C)cn(C)c1=O. The number of rotatable bonds is 9. The number of methoxy groups -OCH3 is 1. The highest BCUT2D eigenvalue weighted by molar-refractivity contribution is 5.95. The van der Waals surface area contributed by atoms with Crippen molar-refractivity contribution in [3.63, 3.8) is 0 Å². The lowest BCUT2D eigenvalue weighted by Gasteiger charge is -2.19. The molecule has 2 aromatic heterocycles. The molecule has 5 rings (SSSR count). The van der Waals surface area contributed by atoms with E-state index >= 15 is 0 Å². The number of anilines is 1. The Morgan fingerprint density at radius 3 is 2.47 bits per heavy atom. The van der Waals surface area contributed by atoms with E-state index in [4.69, 9.17) is 14.7 Å². The lowest BCUT2D eigenvalue weighted by Crippen LogP contribution is -2.42. The first kappa shape index (κ1) is 29.7. The Hall–Kier alpha value is -4.78. The third-order valence-electron chi connectivity index (χ3n) is 7.30. The molecular weight excluding hydrogens is 550 g/mol. The lowest BCUT2D eigenvalue weighted by molar-refractivity contribution is -0.154. The summed E-state index contributed by atoms with van der Waals surface area (Å²) >= 11 is 0. The van der Waals surface area contributed by atoms with E-state index in [0.717, 1.165) is 11.3 Å². The summed E-state index contributed by atoms with van der Waals surface area (Å²) in [4.78, 5) is 44.8. The minimum Gasteiger partial charge on any atom is -0.383 e. The van der Waals surface area contributed by atoms with Gasteiger partial charge >= 0.3 is 6.03 Å². The summed E-state index contributed by atoms with van der Waals surface area (Å²) in [7, 11) is 4.69. The van der Waals surface area contributed by atoms with E-state index in [0.29, 0.717) is 42.3 Å². The molecule has 0 unspecified atom stereocenters.